The minimum absolute atomic E-state index is 0.631. The van der Waals surface area contributed by atoms with Gasteiger partial charge in [0.1, 0.15) is 0 Å². The van der Waals surface area contributed by atoms with Crippen molar-refractivity contribution >= 4 is 0 Å². The molecule has 0 spiro atoms. The van der Waals surface area contributed by atoms with Crippen LogP contribution in [-0.4, -0.2) is 0 Å². The summed E-state index contributed by atoms with van der Waals surface area (Å²) in [5, 5.41) is 0. The molecule has 4 aliphatic carbocycles. The second kappa shape index (κ2) is 6.02. The van der Waals surface area contributed by atoms with Gasteiger partial charge in [0.05, 0.1) is 0 Å². The monoisotopic (exact) mass is 330 g/mol. The molecule has 0 amide bonds. The summed E-state index contributed by atoms with van der Waals surface area (Å²) in [6.07, 6.45) is 15.3. The highest BCUT2D eigenvalue weighted by Gasteiger charge is 2.57. The number of hydrogen-bond acceptors (Lipinski definition) is 0. The molecule has 3 unspecified atom stereocenters. The van der Waals surface area contributed by atoms with Crippen molar-refractivity contribution in [2.24, 2.45) is 52.3 Å². The van der Waals surface area contributed by atoms with E-state index in [-0.39, 0.29) is 0 Å². The average molecular weight is 331 g/mol. The van der Waals surface area contributed by atoms with Gasteiger partial charge in [-0.15, -0.1) is 0 Å². The maximum Gasteiger partial charge on any atom is -0.0264 e. The van der Waals surface area contributed by atoms with Crippen LogP contribution < -0.4 is 0 Å². The van der Waals surface area contributed by atoms with E-state index in [1.807, 2.05) is 0 Å². The van der Waals surface area contributed by atoms with Crippen molar-refractivity contribution in [2.45, 2.75) is 98.8 Å². The highest BCUT2D eigenvalue weighted by Crippen LogP contribution is 2.66. The molecule has 0 aromatic carbocycles. The fourth-order valence-corrected chi connectivity index (χ4v) is 8.57. The van der Waals surface area contributed by atoms with Crippen molar-refractivity contribution in [2.75, 3.05) is 0 Å². The first kappa shape index (κ1) is 17.4. The van der Waals surface area contributed by atoms with Crippen LogP contribution in [0.5, 0.6) is 0 Å². The zero-order valence-corrected chi connectivity index (χ0v) is 17.1. The molecule has 0 saturated heterocycles. The molecule has 4 fully saturated rings. The van der Waals surface area contributed by atoms with E-state index < -0.39 is 0 Å². The van der Waals surface area contributed by atoms with Gasteiger partial charge in [-0.25, -0.2) is 0 Å². The maximum absolute atomic E-state index is 2.72. The summed E-state index contributed by atoms with van der Waals surface area (Å²) in [6, 6.07) is 0. The Kier molecular flexibility index (Phi) is 4.37. The molecule has 4 rings (SSSR count). The van der Waals surface area contributed by atoms with Crippen LogP contribution in [0.2, 0.25) is 0 Å². The molecule has 8 atom stereocenters. The molecule has 138 valence electrons. The van der Waals surface area contributed by atoms with Crippen LogP contribution in [-0.2, 0) is 0 Å². The van der Waals surface area contributed by atoms with Crippen molar-refractivity contribution in [1.82, 2.24) is 0 Å². The van der Waals surface area contributed by atoms with Crippen LogP contribution in [0, 0.1) is 52.3 Å². The first-order chi connectivity index (χ1) is 11.4. The quantitative estimate of drug-likeness (QED) is 0.497. The van der Waals surface area contributed by atoms with Crippen molar-refractivity contribution in [3.63, 3.8) is 0 Å². The van der Waals surface area contributed by atoms with Gasteiger partial charge in [0, 0.05) is 0 Å². The Labute approximate surface area is 151 Å². The van der Waals surface area contributed by atoms with Crippen molar-refractivity contribution < 1.29 is 0 Å². The summed E-state index contributed by atoms with van der Waals surface area (Å²) in [5.41, 5.74) is 1.32. The molecular weight excluding hydrogens is 288 g/mol. The Morgan fingerprint density at radius 2 is 1.58 bits per heavy atom. The average Bonchev–Trinajstić information content (AvgIpc) is 2.90. The van der Waals surface area contributed by atoms with E-state index in [1.54, 1.807) is 44.9 Å². The second-order valence-electron chi connectivity index (χ2n) is 11.5. The topological polar surface area (TPSA) is 0 Å². The van der Waals surface area contributed by atoms with E-state index in [9.17, 15) is 0 Å². The molecule has 0 aromatic heterocycles. The molecule has 0 aliphatic heterocycles. The lowest BCUT2D eigenvalue weighted by Crippen LogP contribution is -2.49. The summed E-state index contributed by atoms with van der Waals surface area (Å²) in [7, 11) is 0. The summed E-state index contributed by atoms with van der Waals surface area (Å²) in [6.45, 7) is 12.7. The first-order valence-electron chi connectivity index (χ1n) is 11.4. The van der Waals surface area contributed by atoms with Crippen LogP contribution in [0.25, 0.3) is 0 Å². The summed E-state index contributed by atoms with van der Waals surface area (Å²) < 4.78 is 0. The van der Waals surface area contributed by atoms with Crippen LogP contribution in [0.15, 0.2) is 0 Å². The largest absolute Gasteiger partial charge is 0.0651 e. The predicted octanol–water partition coefficient (Wildman–Crippen LogP) is 7.33. The van der Waals surface area contributed by atoms with E-state index in [1.165, 1.54) is 19.3 Å². The molecule has 0 N–H and O–H groups in total. The Hall–Kier alpha value is 0. The molecule has 4 saturated carbocycles. The first-order valence-corrected chi connectivity index (χ1v) is 11.4. The van der Waals surface area contributed by atoms with E-state index in [2.05, 4.69) is 34.6 Å². The van der Waals surface area contributed by atoms with Crippen LogP contribution in [0.4, 0.5) is 0 Å². The third-order valence-corrected chi connectivity index (χ3v) is 9.89. The zero-order valence-electron chi connectivity index (χ0n) is 17.1. The highest BCUT2D eigenvalue weighted by molar-refractivity contribution is 5.07. The summed E-state index contributed by atoms with van der Waals surface area (Å²) in [4.78, 5) is 0. The van der Waals surface area contributed by atoms with Crippen LogP contribution in [0.3, 0.4) is 0 Å². The van der Waals surface area contributed by atoms with E-state index in [0.29, 0.717) is 10.8 Å². The molecular formula is C24H42. The van der Waals surface area contributed by atoms with Gasteiger partial charge in [-0.2, -0.15) is 0 Å². The van der Waals surface area contributed by atoms with Gasteiger partial charge < -0.3 is 0 Å². The van der Waals surface area contributed by atoms with Crippen molar-refractivity contribution in [1.29, 1.82) is 0 Å². The third-order valence-electron chi connectivity index (χ3n) is 9.89. The lowest BCUT2D eigenvalue weighted by molar-refractivity contribution is -0.0809. The van der Waals surface area contributed by atoms with Crippen LogP contribution in [0.1, 0.15) is 98.8 Å². The number of fused-ring (bicyclic) bond motifs is 5. The Morgan fingerprint density at radius 3 is 2.33 bits per heavy atom. The van der Waals surface area contributed by atoms with Crippen molar-refractivity contribution in [3.05, 3.63) is 0 Å². The minimum Gasteiger partial charge on any atom is -0.0651 e. The van der Waals surface area contributed by atoms with Crippen molar-refractivity contribution in [3.8, 4) is 0 Å². The number of hydrogen-bond donors (Lipinski definition) is 0. The zero-order chi connectivity index (χ0) is 17.1. The molecule has 24 heavy (non-hydrogen) atoms. The molecule has 0 heteroatoms. The highest BCUT2D eigenvalue weighted by atomic mass is 14.6. The second-order valence-corrected chi connectivity index (χ2v) is 11.5. The van der Waals surface area contributed by atoms with Gasteiger partial charge in [0.2, 0.25) is 0 Å². The Bertz CT molecular complexity index is 463. The lowest BCUT2D eigenvalue weighted by atomic mass is 9.48. The molecule has 0 radical (unpaired) electrons. The maximum atomic E-state index is 2.72. The fourth-order valence-electron chi connectivity index (χ4n) is 8.57. The fraction of sp³-hybridized carbons (Fsp3) is 1.00. The van der Waals surface area contributed by atoms with Gasteiger partial charge in [-0.05, 0) is 110 Å². The Balaban J connectivity index is 1.53. The molecule has 0 bridgehead atoms. The standard InChI is InChI=1S/C24H42/c1-6-16(2)21-9-10-22-20-8-7-17-15-23(3,4)13-11-18(17)19(20)12-14-24(21,22)5/h16-22H,6-15H2,1-5H3/t16-,17?,18-,19+,20?,21?,22-,24+/m0/s1. The predicted molar refractivity (Wildman–Crippen MR) is 104 cm³/mol. The molecule has 0 aromatic rings. The van der Waals surface area contributed by atoms with Gasteiger partial charge in [0.25, 0.3) is 0 Å². The van der Waals surface area contributed by atoms with E-state index in [4.69, 9.17) is 0 Å². The number of rotatable bonds is 2. The molecule has 0 heterocycles. The van der Waals surface area contributed by atoms with E-state index in [0.717, 1.165) is 41.4 Å². The summed E-state index contributed by atoms with van der Waals surface area (Å²) in [5.74, 6) is 7.43. The van der Waals surface area contributed by atoms with Gasteiger partial charge in [0.15, 0.2) is 0 Å². The minimum atomic E-state index is 0.631. The SMILES string of the molecule is CC[C@H](C)C1CC[C@H]2C3CCC4CC(C)(C)CC[C@@H]4[C@H]3CC[C@]12C. The summed E-state index contributed by atoms with van der Waals surface area (Å²) >= 11 is 0. The normalized spacial score (nSPS) is 51.4. The lowest BCUT2D eigenvalue weighted by Gasteiger charge is -2.57. The van der Waals surface area contributed by atoms with Gasteiger partial charge in [-0.1, -0.05) is 41.0 Å². The molecule has 0 nitrogen and oxygen atoms in total. The third kappa shape index (κ3) is 2.61. The van der Waals surface area contributed by atoms with Gasteiger partial charge in [-0.3, -0.25) is 0 Å². The smallest absolute Gasteiger partial charge is 0.0264 e. The van der Waals surface area contributed by atoms with Crippen LogP contribution >= 0.6 is 0 Å². The van der Waals surface area contributed by atoms with Gasteiger partial charge >= 0.3 is 0 Å². The Morgan fingerprint density at radius 1 is 0.833 bits per heavy atom. The molecule has 4 aliphatic rings. The van der Waals surface area contributed by atoms with E-state index >= 15 is 0 Å².